The first-order chi connectivity index (χ1) is 16.0. The van der Waals surface area contributed by atoms with Crippen LogP contribution < -0.4 is 14.8 Å². The van der Waals surface area contributed by atoms with Gasteiger partial charge in [0.1, 0.15) is 22.2 Å². The minimum Gasteiger partial charge on any atom is -0.493 e. The average molecular weight is 470 g/mol. The van der Waals surface area contributed by atoms with Crippen LogP contribution in [0.4, 0.5) is 10.2 Å². The van der Waals surface area contributed by atoms with Crippen LogP contribution >= 0.6 is 11.3 Å². The fraction of sp³-hybridized carbons (Fsp3) is 0.250. The van der Waals surface area contributed by atoms with Crippen LogP contribution in [0.5, 0.6) is 11.5 Å². The summed E-state index contributed by atoms with van der Waals surface area (Å²) in [5.74, 6) is 1.19. The van der Waals surface area contributed by atoms with E-state index in [0.717, 1.165) is 16.8 Å². The van der Waals surface area contributed by atoms with Gasteiger partial charge < -0.3 is 19.5 Å². The highest BCUT2D eigenvalue weighted by molar-refractivity contribution is 7.19. The van der Waals surface area contributed by atoms with E-state index >= 15 is 0 Å². The summed E-state index contributed by atoms with van der Waals surface area (Å²) in [5.41, 5.74) is 2.98. The lowest BCUT2D eigenvalue weighted by Crippen LogP contribution is -2.07. The second kappa shape index (κ2) is 9.50. The number of carbonyl (C=O) groups excluding carboxylic acids is 1. The number of halogens is 1. The maximum absolute atomic E-state index is 13.7. The fourth-order valence-electron chi connectivity index (χ4n) is 3.61. The number of anilines is 1. The predicted molar refractivity (Wildman–Crippen MR) is 126 cm³/mol. The smallest absolute Gasteiger partial charge is 0.350 e. The number of hydrogen-bond acceptors (Lipinski definition) is 7. The number of esters is 1. The summed E-state index contributed by atoms with van der Waals surface area (Å²) in [7, 11) is 3.16. The number of aromatic nitrogens is 2. The molecular weight excluding hydrogens is 445 g/mol. The molecule has 0 atom stereocenters. The number of nitrogens with one attached hydrogen (secondary N) is 1. The van der Waals surface area contributed by atoms with Crippen molar-refractivity contribution in [1.82, 2.24) is 9.38 Å². The molecule has 2 heterocycles. The van der Waals surface area contributed by atoms with Gasteiger partial charge in [-0.15, -0.1) is 0 Å². The van der Waals surface area contributed by atoms with Crippen LogP contribution in [-0.4, -0.2) is 36.2 Å². The summed E-state index contributed by atoms with van der Waals surface area (Å²) in [4.78, 5) is 18.4. The number of aryl methyl sites for hydroxylation is 1. The van der Waals surface area contributed by atoms with E-state index in [2.05, 4.69) is 5.32 Å². The Hall–Kier alpha value is -3.59. The maximum atomic E-state index is 13.7. The molecule has 0 unspecified atom stereocenters. The number of fused-ring (bicyclic) bond motifs is 1. The first kappa shape index (κ1) is 22.6. The standard InChI is InChI=1S/C24H24FN3O4S/c1-5-32-23(29)21-14(2)28-22(26-13-15-7-6-8-17(25)11-15)20(27-24(28)33-21)16-9-10-18(30-3)19(12-16)31-4/h6-12,26H,5,13H2,1-4H3. The molecule has 0 bridgehead atoms. The van der Waals surface area contributed by atoms with Crippen LogP contribution in [0.15, 0.2) is 42.5 Å². The van der Waals surface area contributed by atoms with Crippen molar-refractivity contribution >= 4 is 28.1 Å². The van der Waals surface area contributed by atoms with Gasteiger partial charge in [-0.05, 0) is 49.7 Å². The molecule has 0 aliphatic rings. The van der Waals surface area contributed by atoms with E-state index in [4.69, 9.17) is 19.2 Å². The zero-order valence-corrected chi connectivity index (χ0v) is 19.6. The van der Waals surface area contributed by atoms with E-state index in [0.29, 0.717) is 46.0 Å². The van der Waals surface area contributed by atoms with Crippen LogP contribution in [-0.2, 0) is 11.3 Å². The number of methoxy groups -OCH3 is 2. The number of carbonyl (C=O) groups is 1. The van der Waals surface area contributed by atoms with Gasteiger partial charge in [-0.1, -0.05) is 23.5 Å². The maximum Gasteiger partial charge on any atom is 0.350 e. The molecule has 0 saturated carbocycles. The van der Waals surface area contributed by atoms with Crippen molar-refractivity contribution in [3.63, 3.8) is 0 Å². The van der Waals surface area contributed by atoms with Gasteiger partial charge in [0.2, 0.25) is 0 Å². The van der Waals surface area contributed by atoms with Crippen LogP contribution in [0.3, 0.4) is 0 Å². The van der Waals surface area contributed by atoms with Crippen molar-refractivity contribution in [2.75, 3.05) is 26.1 Å². The Balaban J connectivity index is 1.83. The third kappa shape index (κ3) is 4.36. The summed E-state index contributed by atoms with van der Waals surface area (Å²) >= 11 is 1.26. The van der Waals surface area contributed by atoms with Crippen LogP contribution in [0.1, 0.15) is 27.9 Å². The molecule has 9 heteroatoms. The molecule has 1 N–H and O–H groups in total. The van der Waals surface area contributed by atoms with Crippen molar-refractivity contribution in [1.29, 1.82) is 0 Å². The summed E-state index contributed by atoms with van der Waals surface area (Å²) in [6, 6.07) is 11.9. The molecule has 0 amide bonds. The van der Waals surface area contributed by atoms with Crippen molar-refractivity contribution in [3.05, 3.63) is 64.4 Å². The lowest BCUT2D eigenvalue weighted by atomic mass is 10.1. The highest BCUT2D eigenvalue weighted by Gasteiger charge is 2.24. The topological polar surface area (TPSA) is 74.1 Å². The molecule has 0 fully saturated rings. The van der Waals surface area contributed by atoms with Crippen molar-refractivity contribution in [2.24, 2.45) is 0 Å². The van der Waals surface area contributed by atoms with E-state index < -0.39 is 0 Å². The lowest BCUT2D eigenvalue weighted by molar-refractivity contribution is 0.0531. The molecule has 0 aliphatic heterocycles. The molecule has 0 saturated heterocycles. The van der Waals surface area contributed by atoms with E-state index in [9.17, 15) is 9.18 Å². The highest BCUT2D eigenvalue weighted by atomic mass is 32.1. The molecule has 0 aliphatic carbocycles. The van der Waals surface area contributed by atoms with Gasteiger partial charge in [0.25, 0.3) is 0 Å². The van der Waals surface area contributed by atoms with Gasteiger partial charge in [-0.3, -0.25) is 4.40 Å². The van der Waals surface area contributed by atoms with E-state index in [1.807, 2.05) is 35.6 Å². The second-order valence-electron chi connectivity index (χ2n) is 7.22. The number of imidazole rings is 1. The van der Waals surface area contributed by atoms with Crippen molar-refractivity contribution < 1.29 is 23.4 Å². The van der Waals surface area contributed by atoms with Crippen LogP contribution in [0, 0.1) is 12.7 Å². The van der Waals surface area contributed by atoms with E-state index in [1.165, 1.54) is 23.5 Å². The molecule has 7 nitrogen and oxygen atoms in total. The van der Waals surface area contributed by atoms with Gasteiger partial charge >= 0.3 is 5.97 Å². The van der Waals surface area contributed by atoms with Gasteiger partial charge in [0, 0.05) is 17.8 Å². The number of benzene rings is 2. The SMILES string of the molecule is CCOC(=O)c1sc2nc(-c3ccc(OC)c(OC)c3)c(NCc3cccc(F)c3)n2c1C. The van der Waals surface area contributed by atoms with Gasteiger partial charge in [0.05, 0.1) is 20.8 Å². The minimum atomic E-state index is -0.380. The number of nitrogens with zero attached hydrogens (tertiary/aromatic N) is 2. The number of hydrogen-bond donors (Lipinski definition) is 1. The fourth-order valence-corrected chi connectivity index (χ4v) is 4.63. The van der Waals surface area contributed by atoms with Crippen LogP contribution in [0.25, 0.3) is 16.2 Å². The van der Waals surface area contributed by atoms with Crippen molar-refractivity contribution in [2.45, 2.75) is 20.4 Å². The summed E-state index contributed by atoms with van der Waals surface area (Å²) in [5, 5.41) is 3.39. The third-order valence-corrected chi connectivity index (χ3v) is 6.29. The molecule has 172 valence electrons. The van der Waals surface area contributed by atoms with Crippen molar-refractivity contribution in [3.8, 4) is 22.8 Å². The Morgan fingerprint density at radius 2 is 1.94 bits per heavy atom. The van der Waals surface area contributed by atoms with Gasteiger partial charge in [0.15, 0.2) is 16.5 Å². The quantitative estimate of drug-likeness (QED) is 0.352. The van der Waals surface area contributed by atoms with Gasteiger partial charge in [-0.2, -0.15) is 0 Å². The van der Waals surface area contributed by atoms with Gasteiger partial charge in [-0.25, -0.2) is 14.2 Å². The van der Waals surface area contributed by atoms with E-state index in [1.54, 1.807) is 27.2 Å². The first-order valence-corrected chi connectivity index (χ1v) is 11.2. The third-order valence-electron chi connectivity index (χ3n) is 5.17. The summed E-state index contributed by atoms with van der Waals surface area (Å²) < 4.78 is 31.6. The second-order valence-corrected chi connectivity index (χ2v) is 8.19. The Morgan fingerprint density at radius 3 is 2.64 bits per heavy atom. The summed E-state index contributed by atoms with van der Waals surface area (Å²) in [6.45, 7) is 4.28. The normalized spacial score (nSPS) is 10.9. The molecule has 4 aromatic rings. The monoisotopic (exact) mass is 469 g/mol. The largest absolute Gasteiger partial charge is 0.493 e. The Bertz CT molecular complexity index is 1310. The van der Waals surface area contributed by atoms with Crippen LogP contribution in [0.2, 0.25) is 0 Å². The minimum absolute atomic E-state index is 0.292. The molecule has 4 rings (SSSR count). The zero-order valence-electron chi connectivity index (χ0n) is 18.8. The molecule has 33 heavy (non-hydrogen) atoms. The Morgan fingerprint density at radius 1 is 1.15 bits per heavy atom. The molecular formula is C24H24FN3O4S. The Labute approximate surface area is 194 Å². The summed E-state index contributed by atoms with van der Waals surface area (Å²) in [6.07, 6.45) is 0. The number of rotatable bonds is 8. The number of thiazole rings is 1. The highest BCUT2D eigenvalue weighted by Crippen LogP contribution is 2.38. The molecule has 0 radical (unpaired) electrons. The first-order valence-electron chi connectivity index (χ1n) is 10.4. The van der Waals surface area contributed by atoms with E-state index in [-0.39, 0.29) is 11.8 Å². The molecule has 2 aromatic carbocycles. The molecule has 0 spiro atoms. The molecule has 2 aromatic heterocycles. The zero-order chi connectivity index (χ0) is 23.5. The Kier molecular flexibility index (Phi) is 6.50. The average Bonchev–Trinajstić information content (AvgIpc) is 3.34. The predicted octanol–water partition coefficient (Wildman–Crippen LogP) is 5.32. The number of ether oxygens (including phenoxy) is 3. The lowest BCUT2D eigenvalue weighted by Gasteiger charge is -2.12.